The first-order valence-electron chi connectivity index (χ1n) is 8.26. The molecule has 0 aliphatic rings. The summed E-state index contributed by atoms with van der Waals surface area (Å²) in [6, 6.07) is 11.6. The van der Waals surface area contributed by atoms with Gasteiger partial charge in [-0.3, -0.25) is 9.59 Å². The van der Waals surface area contributed by atoms with Gasteiger partial charge in [0.1, 0.15) is 5.82 Å². The predicted octanol–water partition coefficient (Wildman–Crippen LogP) is 2.40. The molecule has 0 heterocycles. The van der Waals surface area contributed by atoms with Gasteiger partial charge in [0, 0.05) is 19.2 Å². The second-order valence-corrected chi connectivity index (χ2v) is 8.30. The van der Waals surface area contributed by atoms with Crippen molar-refractivity contribution < 1.29 is 22.4 Å². The standard InChI is InChI=1S/C19H21FN2O4S/c1-14-3-9-17(10-4-14)27(25,26)12-11-19(24)22(2)13-18(23)21-16-7-5-15(20)6-8-16/h3-10H,11-13H2,1-2H3,(H,21,23). The first-order valence-corrected chi connectivity index (χ1v) is 9.91. The molecule has 0 aromatic heterocycles. The van der Waals surface area contributed by atoms with Gasteiger partial charge in [-0.2, -0.15) is 0 Å². The summed E-state index contributed by atoms with van der Waals surface area (Å²) in [5.74, 6) is -1.67. The summed E-state index contributed by atoms with van der Waals surface area (Å²) in [4.78, 5) is 25.4. The molecule has 27 heavy (non-hydrogen) atoms. The number of hydrogen-bond donors (Lipinski definition) is 1. The Morgan fingerprint density at radius 1 is 1.04 bits per heavy atom. The molecule has 6 nitrogen and oxygen atoms in total. The largest absolute Gasteiger partial charge is 0.336 e. The third-order valence-corrected chi connectivity index (χ3v) is 5.63. The van der Waals surface area contributed by atoms with Crippen molar-refractivity contribution >= 4 is 27.3 Å². The highest BCUT2D eigenvalue weighted by Crippen LogP contribution is 2.13. The van der Waals surface area contributed by atoms with Crippen molar-refractivity contribution in [3.8, 4) is 0 Å². The van der Waals surface area contributed by atoms with E-state index in [4.69, 9.17) is 0 Å². The van der Waals surface area contributed by atoms with Crippen molar-refractivity contribution in [2.75, 3.05) is 24.7 Å². The quantitative estimate of drug-likeness (QED) is 0.784. The van der Waals surface area contributed by atoms with Crippen molar-refractivity contribution in [2.45, 2.75) is 18.2 Å². The van der Waals surface area contributed by atoms with Gasteiger partial charge < -0.3 is 10.2 Å². The van der Waals surface area contributed by atoms with Crippen molar-refractivity contribution in [2.24, 2.45) is 0 Å². The Morgan fingerprint density at radius 3 is 2.22 bits per heavy atom. The van der Waals surface area contributed by atoms with Crippen molar-refractivity contribution in [1.29, 1.82) is 0 Å². The summed E-state index contributed by atoms with van der Waals surface area (Å²) in [6.45, 7) is 1.62. The van der Waals surface area contributed by atoms with Gasteiger partial charge in [-0.25, -0.2) is 12.8 Å². The van der Waals surface area contributed by atoms with Crippen LogP contribution in [-0.2, 0) is 19.4 Å². The Labute approximate surface area is 157 Å². The minimum atomic E-state index is -3.57. The number of benzene rings is 2. The molecule has 2 rings (SSSR count). The number of rotatable bonds is 7. The highest BCUT2D eigenvalue weighted by molar-refractivity contribution is 7.91. The van der Waals surface area contributed by atoms with Crippen molar-refractivity contribution in [3.63, 3.8) is 0 Å². The smallest absolute Gasteiger partial charge is 0.243 e. The first-order chi connectivity index (χ1) is 12.7. The molecular formula is C19H21FN2O4S. The van der Waals surface area contributed by atoms with Crippen LogP contribution in [0.4, 0.5) is 10.1 Å². The van der Waals surface area contributed by atoms with Gasteiger partial charge in [-0.05, 0) is 43.3 Å². The molecule has 0 saturated carbocycles. The van der Waals surface area contributed by atoms with Crippen LogP contribution in [0.3, 0.4) is 0 Å². The molecule has 0 spiro atoms. The number of amides is 2. The number of likely N-dealkylation sites (N-methyl/N-ethyl adjacent to an activating group) is 1. The number of carbonyl (C=O) groups excluding carboxylic acids is 2. The van der Waals surface area contributed by atoms with Gasteiger partial charge in [0.25, 0.3) is 0 Å². The van der Waals surface area contributed by atoms with E-state index in [1.165, 1.54) is 43.4 Å². The van der Waals surface area contributed by atoms with E-state index in [1.807, 2.05) is 6.92 Å². The van der Waals surface area contributed by atoms with E-state index in [0.29, 0.717) is 5.69 Å². The number of nitrogens with one attached hydrogen (secondary N) is 1. The molecule has 0 fully saturated rings. The van der Waals surface area contributed by atoms with Crippen LogP contribution in [0.2, 0.25) is 0 Å². The minimum Gasteiger partial charge on any atom is -0.336 e. The third kappa shape index (κ3) is 6.18. The van der Waals surface area contributed by atoms with Crippen molar-refractivity contribution in [3.05, 3.63) is 59.9 Å². The summed E-state index contributed by atoms with van der Waals surface area (Å²) < 4.78 is 37.4. The lowest BCUT2D eigenvalue weighted by Crippen LogP contribution is -2.35. The van der Waals surface area contributed by atoms with E-state index in [1.54, 1.807) is 12.1 Å². The fourth-order valence-corrected chi connectivity index (χ4v) is 3.54. The monoisotopic (exact) mass is 392 g/mol. The number of hydrogen-bond acceptors (Lipinski definition) is 4. The molecule has 0 atom stereocenters. The lowest BCUT2D eigenvalue weighted by Gasteiger charge is -2.17. The van der Waals surface area contributed by atoms with Gasteiger partial charge in [0.15, 0.2) is 9.84 Å². The van der Waals surface area contributed by atoms with E-state index in [9.17, 15) is 22.4 Å². The molecule has 2 amide bonds. The first kappa shape index (κ1) is 20.6. The zero-order valence-electron chi connectivity index (χ0n) is 15.1. The zero-order chi connectivity index (χ0) is 20.0. The molecule has 0 saturated heterocycles. The molecule has 8 heteroatoms. The molecular weight excluding hydrogens is 371 g/mol. The molecule has 2 aromatic rings. The Bertz CT molecular complexity index is 910. The van der Waals surface area contributed by atoms with Crippen LogP contribution < -0.4 is 5.32 Å². The van der Waals surface area contributed by atoms with Crippen LogP contribution in [0.25, 0.3) is 0 Å². The van der Waals surface area contributed by atoms with Crippen LogP contribution >= 0.6 is 0 Å². The number of anilines is 1. The average Bonchev–Trinajstić information content (AvgIpc) is 2.62. The van der Waals surface area contributed by atoms with Crippen LogP contribution in [0.5, 0.6) is 0 Å². The van der Waals surface area contributed by atoms with Crippen LogP contribution in [0.1, 0.15) is 12.0 Å². The second kappa shape index (κ2) is 8.77. The van der Waals surface area contributed by atoms with Crippen LogP contribution in [-0.4, -0.2) is 44.5 Å². The van der Waals surface area contributed by atoms with Crippen LogP contribution in [0, 0.1) is 12.7 Å². The third-order valence-electron chi connectivity index (χ3n) is 3.90. The minimum absolute atomic E-state index is 0.164. The Kier molecular flexibility index (Phi) is 6.68. The summed E-state index contributed by atoms with van der Waals surface area (Å²) in [7, 11) is -2.15. The average molecular weight is 392 g/mol. The number of carbonyl (C=O) groups is 2. The molecule has 144 valence electrons. The molecule has 0 aliphatic heterocycles. The number of sulfone groups is 1. The predicted molar refractivity (Wildman–Crippen MR) is 101 cm³/mol. The highest BCUT2D eigenvalue weighted by atomic mass is 32.2. The normalized spacial score (nSPS) is 11.1. The topological polar surface area (TPSA) is 83.6 Å². The molecule has 1 N–H and O–H groups in total. The zero-order valence-corrected chi connectivity index (χ0v) is 15.9. The van der Waals surface area contributed by atoms with E-state index >= 15 is 0 Å². The maximum absolute atomic E-state index is 12.8. The van der Waals surface area contributed by atoms with Gasteiger partial charge in [0.05, 0.1) is 17.2 Å². The van der Waals surface area contributed by atoms with Gasteiger partial charge in [-0.1, -0.05) is 17.7 Å². The number of nitrogens with zero attached hydrogens (tertiary/aromatic N) is 1. The number of aryl methyl sites for hydroxylation is 1. The SMILES string of the molecule is Cc1ccc(S(=O)(=O)CCC(=O)N(C)CC(=O)Nc2ccc(F)cc2)cc1. The van der Waals surface area contributed by atoms with E-state index in [-0.39, 0.29) is 23.6 Å². The van der Waals surface area contributed by atoms with E-state index < -0.39 is 27.5 Å². The molecule has 2 aromatic carbocycles. The Hall–Kier alpha value is -2.74. The van der Waals surface area contributed by atoms with Gasteiger partial charge >= 0.3 is 0 Å². The molecule has 0 bridgehead atoms. The van der Waals surface area contributed by atoms with Gasteiger partial charge in [0.2, 0.25) is 11.8 Å². The second-order valence-electron chi connectivity index (χ2n) is 6.19. The maximum Gasteiger partial charge on any atom is 0.243 e. The highest BCUT2D eigenvalue weighted by Gasteiger charge is 2.19. The maximum atomic E-state index is 12.8. The summed E-state index contributed by atoms with van der Waals surface area (Å²) in [5, 5.41) is 2.54. The summed E-state index contributed by atoms with van der Waals surface area (Å²) >= 11 is 0. The molecule has 0 unspecified atom stereocenters. The Balaban J connectivity index is 1.86. The summed E-state index contributed by atoms with van der Waals surface area (Å²) in [6.07, 6.45) is -0.226. The van der Waals surface area contributed by atoms with E-state index in [2.05, 4.69) is 5.32 Å². The lowest BCUT2D eigenvalue weighted by molar-refractivity contribution is -0.132. The molecule has 0 radical (unpaired) electrons. The fourth-order valence-electron chi connectivity index (χ4n) is 2.31. The fraction of sp³-hybridized carbons (Fsp3) is 0.263. The lowest BCUT2D eigenvalue weighted by atomic mass is 10.2. The number of halogens is 1. The van der Waals surface area contributed by atoms with Crippen molar-refractivity contribution in [1.82, 2.24) is 4.90 Å². The van der Waals surface area contributed by atoms with Crippen LogP contribution in [0.15, 0.2) is 53.4 Å². The Morgan fingerprint density at radius 2 is 1.63 bits per heavy atom. The summed E-state index contributed by atoms with van der Waals surface area (Å²) in [5.41, 5.74) is 1.35. The van der Waals surface area contributed by atoms with E-state index in [0.717, 1.165) is 10.5 Å². The molecule has 0 aliphatic carbocycles. The van der Waals surface area contributed by atoms with Gasteiger partial charge in [-0.15, -0.1) is 0 Å².